The van der Waals surface area contributed by atoms with Crippen LogP contribution in [0.2, 0.25) is 0 Å². The number of halogens is 1. The van der Waals surface area contributed by atoms with Gasteiger partial charge in [-0.25, -0.2) is 0 Å². The molecular weight excluding hydrogens is 379 g/mol. The Kier molecular flexibility index (Phi) is 7.76. The van der Waals surface area contributed by atoms with Crippen molar-refractivity contribution in [1.82, 2.24) is 15.5 Å². The number of carbonyl (C=O) groups excluding carboxylic acids is 1. The molecule has 3 atom stereocenters. The van der Waals surface area contributed by atoms with E-state index < -0.39 is 0 Å². The second kappa shape index (κ2) is 8.80. The molecule has 2 fully saturated rings. The predicted octanol–water partition coefficient (Wildman–Crippen LogP) is 1.83. The van der Waals surface area contributed by atoms with Gasteiger partial charge in [-0.1, -0.05) is 13.8 Å². The van der Waals surface area contributed by atoms with E-state index in [4.69, 9.17) is 0 Å². The molecule has 1 saturated carbocycles. The molecule has 5 nitrogen and oxygen atoms in total. The summed E-state index contributed by atoms with van der Waals surface area (Å²) in [5.74, 6) is 2.77. The number of guanidine groups is 1. The highest BCUT2D eigenvalue weighted by molar-refractivity contribution is 14.0. The molecule has 0 aromatic carbocycles. The topological polar surface area (TPSA) is 56.7 Å². The van der Waals surface area contributed by atoms with Crippen molar-refractivity contribution in [2.24, 2.45) is 16.8 Å². The van der Waals surface area contributed by atoms with Crippen LogP contribution >= 0.6 is 24.0 Å². The zero-order valence-corrected chi connectivity index (χ0v) is 15.7. The quantitative estimate of drug-likeness (QED) is 0.415. The van der Waals surface area contributed by atoms with Crippen LogP contribution < -0.4 is 10.6 Å². The number of amides is 1. The van der Waals surface area contributed by atoms with Gasteiger partial charge in [-0.2, -0.15) is 0 Å². The average Bonchev–Trinajstić information content (AvgIpc) is 2.95. The molecule has 1 aliphatic heterocycles. The Bertz CT molecular complexity index is 375. The Labute approximate surface area is 145 Å². The van der Waals surface area contributed by atoms with E-state index in [1.807, 2.05) is 11.8 Å². The molecule has 2 N–H and O–H groups in total. The van der Waals surface area contributed by atoms with Gasteiger partial charge in [0, 0.05) is 38.6 Å². The monoisotopic (exact) mass is 408 g/mol. The van der Waals surface area contributed by atoms with Crippen LogP contribution in [0.15, 0.2) is 4.99 Å². The highest BCUT2D eigenvalue weighted by Crippen LogP contribution is 2.37. The van der Waals surface area contributed by atoms with E-state index in [1.54, 1.807) is 0 Å². The van der Waals surface area contributed by atoms with Crippen molar-refractivity contribution in [3.05, 3.63) is 0 Å². The van der Waals surface area contributed by atoms with Crippen LogP contribution in [0.4, 0.5) is 0 Å². The van der Waals surface area contributed by atoms with Gasteiger partial charge in [-0.3, -0.25) is 9.79 Å². The SMILES string of the molecule is CCNC(=NCC1CC1C)NC1CCN(C(=O)CC)C1.I. The normalized spacial score (nSPS) is 28.0. The number of carbonyl (C=O) groups is 1. The van der Waals surface area contributed by atoms with Crippen LogP contribution in [-0.2, 0) is 4.79 Å². The highest BCUT2D eigenvalue weighted by atomic mass is 127. The van der Waals surface area contributed by atoms with Crippen LogP contribution in [0.3, 0.4) is 0 Å². The Morgan fingerprint density at radius 1 is 1.38 bits per heavy atom. The van der Waals surface area contributed by atoms with Gasteiger partial charge in [0.05, 0.1) is 0 Å². The molecule has 0 spiro atoms. The molecule has 0 radical (unpaired) electrons. The minimum Gasteiger partial charge on any atom is -0.357 e. The molecule has 6 heteroatoms. The summed E-state index contributed by atoms with van der Waals surface area (Å²) < 4.78 is 0. The van der Waals surface area contributed by atoms with E-state index >= 15 is 0 Å². The summed E-state index contributed by atoms with van der Waals surface area (Å²) in [6.07, 6.45) is 2.92. The minimum atomic E-state index is 0. The van der Waals surface area contributed by atoms with Crippen LogP contribution in [0, 0.1) is 11.8 Å². The lowest BCUT2D eigenvalue weighted by Gasteiger charge is -2.18. The van der Waals surface area contributed by atoms with Gasteiger partial charge in [0.25, 0.3) is 0 Å². The number of hydrogen-bond donors (Lipinski definition) is 2. The Hall–Kier alpha value is -0.530. The van der Waals surface area contributed by atoms with Crippen LogP contribution in [-0.4, -0.2) is 49.0 Å². The van der Waals surface area contributed by atoms with Crippen LogP contribution in [0.25, 0.3) is 0 Å². The number of rotatable bonds is 5. The zero-order chi connectivity index (χ0) is 14.5. The first-order valence-electron chi connectivity index (χ1n) is 7.96. The van der Waals surface area contributed by atoms with Crippen molar-refractivity contribution in [3.8, 4) is 0 Å². The predicted molar refractivity (Wildman–Crippen MR) is 97.1 cm³/mol. The summed E-state index contributed by atoms with van der Waals surface area (Å²) in [4.78, 5) is 18.3. The molecule has 2 rings (SSSR count). The van der Waals surface area contributed by atoms with Gasteiger partial charge in [0.15, 0.2) is 5.96 Å². The molecule has 0 aromatic rings. The summed E-state index contributed by atoms with van der Waals surface area (Å²) in [6, 6.07) is 0.333. The standard InChI is InChI=1S/C15H28N4O.HI/c1-4-14(20)19-7-6-13(10-19)18-15(16-5-2)17-9-12-8-11(12)3;/h11-13H,4-10H2,1-3H3,(H2,16,17,18);1H. The maximum atomic E-state index is 11.7. The maximum Gasteiger partial charge on any atom is 0.222 e. The Balaban J connectivity index is 0.00000220. The molecule has 0 bridgehead atoms. The number of hydrogen-bond acceptors (Lipinski definition) is 2. The van der Waals surface area contributed by atoms with Crippen LogP contribution in [0.5, 0.6) is 0 Å². The number of nitrogens with one attached hydrogen (secondary N) is 2. The second-order valence-corrected chi connectivity index (χ2v) is 6.02. The smallest absolute Gasteiger partial charge is 0.222 e. The molecule has 3 unspecified atom stereocenters. The number of nitrogens with zero attached hydrogens (tertiary/aromatic N) is 2. The molecule has 0 aromatic heterocycles. The van der Waals surface area contributed by atoms with Gasteiger partial charge < -0.3 is 15.5 Å². The van der Waals surface area contributed by atoms with Gasteiger partial charge in [0.2, 0.25) is 5.91 Å². The third kappa shape index (κ3) is 5.64. The van der Waals surface area contributed by atoms with Gasteiger partial charge in [-0.15, -0.1) is 24.0 Å². The molecule has 21 heavy (non-hydrogen) atoms. The summed E-state index contributed by atoms with van der Waals surface area (Å²) in [5, 5.41) is 6.77. The lowest BCUT2D eigenvalue weighted by atomic mass is 10.3. The Morgan fingerprint density at radius 2 is 2.10 bits per heavy atom. The summed E-state index contributed by atoms with van der Waals surface area (Å²) >= 11 is 0. The number of likely N-dealkylation sites (tertiary alicyclic amines) is 1. The first kappa shape index (κ1) is 18.5. The first-order valence-corrected chi connectivity index (χ1v) is 7.96. The third-order valence-electron chi connectivity index (χ3n) is 4.29. The van der Waals surface area contributed by atoms with E-state index in [1.165, 1.54) is 6.42 Å². The molecule has 1 amide bonds. The molecule has 1 aliphatic carbocycles. The summed E-state index contributed by atoms with van der Waals surface area (Å²) in [7, 11) is 0. The molecular formula is C15H29IN4O. The van der Waals surface area contributed by atoms with Crippen molar-refractivity contribution in [2.45, 2.75) is 46.1 Å². The fraction of sp³-hybridized carbons (Fsp3) is 0.867. The highest BCUT2D eigenvalue weighted by Gasteiger charge is 2.32. The summed E-state index contributed by atoms with van der Waals surface area (Å²) in [5.41, 5.74) is 0. The van der Waals surface area contributed by atoms with E-state index in [-0.39, 0.29) is 29.9 Å². The van der Waals surface area contributed by atoms with Gasteiger partial charge in [-0.05, 0) is 31.6 Å². The van der Waals surface area contributed by atoms with E-state index in [2.05, 4.69) is 29.5 Å². The van der Waals surface area contributed by atoms with Gasteiger partial charge >= 0.3 is 0 Å². The Morgan fingerprint density at radius 3 is 2.67 bits per heavy atom. The summed E-state index contributed by atoms with van der Waals surface area (Å²) in [6.45, 7) is 9.74. The molecule has 2 aliphatic rings. The van der Waals surface area contributed by atoms with E-state index in [0.29, 0.717) is 12.5 Å². The fourth-order valence-corrected chi connectivity index (χ4v) is 2.70. The van der Waals surface area contributed by atoms with E-state index in [0.717, 1.165) is 50.4 Å². The van der Waals surface area contributed by atoms with Crippen molar-refractivity contribution < 1.29 is 4.79 Å². The zero-order valence-electron chi connectivity index (χ0n) is 13.4. The lowest BCUT2D eigenvalue weighted by molar-refractivity contribution is -0.129. The molecule has 1 heterocycles. The van der Waals surface area contributed by atoms with E-state index in [9.17, 15) is 4.79 Å². The van der Waals surface area contributed by atoms with Crippen molar-refractivity contribution in [2.75, 3.05) is 26.2 Å². The molecule has 1 saturated heterocycles. The van der Waals surface area contributed by atoms with Gasteiger partial charge in [0.1, 0.15) is 0 Å². The average molecular weight is 408 g/mol. The van der Waals surface area contributed by atoms with Crippen molar-refractivity contribution in [3.63, 3.8) is 0 Å². The number of aliphatic imine (C=N–C) groups is 1. The minimum absolute atomic E-state index is 0. The second-order valence-electron chi connectivity index (χ2n) is 6.02. The van der Waals surface area contributed by atoms with Crippen LogP contribution in [0.1, 0.15) is 40.0 Å². The maximum absolute atomic E-state index is 11.7. The lowest BCUT2D eigenvalue weighted by Crippen LogP contribution is -2.45. The first-order chi connectivity index (χ1) is 9.63. The van der Waals surface area contributed by atoms with Crippen molar-refractivity contribution >= 4 is 35.8 Å². The fourth-order valence-electron chi connectivity index (χ4n) is 2.70. The van der Waals surface area contributed by atoms with Crippen molar-refractivity contribution in [1.29, 1.82) is 0 Å². The largest absolute Gasteiger partial charge is 0.357 e. The third-order valence-corrected chi connectivity index (χ3v) is 4.29. The molecule has 122 valence electrons.